The number of carbonyl (C=O) groups is 1. The zero-order valence-electron chi connectivity index (χ0n) is 5.68. The number of carbonyl (C=O) groups excluding carboxylic acids is 1. The van der Waals surface area contributed by atoms with Gasteiger partial charge in [-0.25, -0.2) is 0 Å². The lowest BCUT2D eigenvalue weighted by Gasteiger charge is -2.27. The Labute approximate surface area is 54.5 Å². The predicted octanol–water partition coefficient (Wildman–Crippen LogP) is 1.13. The molecule has 2 heteroatoms. The highest BCUT2D eigenvalue weighted by atomic mass is 16.5. The molecular weight excluding hydrogens is 116 g/mol. The third-order valence-corrected chi connectivity index (χ3v) is 1.68. The molecule has 50 valence electrons. The summed E-state index contributed by atoms with van der Waals surface area (Å²) < 4.78 is 4.57. The van der Waals surface area contributed by atoms with Crippen LogP contribution in [0.3, 0.4) is 0 Å². The van der Waals surface area contributed by atoms with Gasteiger partial charge in [-0.3, -0.25) is 4.79 Å². The van der Waals surface area contributed by atoms with E-state index in [4.69, 9.17) is 0 Å². The minimum absolute atomic E-state index is 0.134. The van der Waals surface area contributed by atoms with Gasteiger partial charge in [-0.05, 0) is 13.3 Å². The highest BCUT2D eigenvalue weighted by Gasteiger charge is 2.34. The first-order valence-electron chi connectivity index (χ1n) is 2.95. The van der Waals surface area contributed by atoms with Gasteiger partial charge in [-0.1, -0.05) is 12.2 Å². The molecule has 0 saturated heterocycles. The molecule has 0 N–H and O–H groups in total. The number of ether oxygens (including phenoxy) is 1. The molecule has 1 atom stereocenters. The Balaban J connectivity index is 2.61. The normalized spacial score (nSPS) is 31.3. The average molecular weight is 126 g/mol. The molecule has 0 fully saturated rings. The van der Waals surface area contributed by atoms with Gasteiger partial charge in [0.05, 0.1) is 12.5 Å². The van der Waals surface area contributed by atoms with Gasteiger partial charge >= 0.3 is 5.97 Å². The molecule has 1 rings (SSSR count). The standard InChI is InChI=1S/C7H10O2/c1-7(4-3-5-7)6(8)9-2/h3-4H,5H2,1-2H3/t7-/m1/s1. The SMILES string of the molecule is COC(=O)[C@]1(C)C=CC1. The van der Waals surface area contributed by atoms with Gasteiger partial charge < -0.3 is 4.74 Å². The third kappa shape index (κ3) is 0.846. The molecule has 1 aliphatic carbocycles. The van der Waals surface area contributed by atoms with Crippen molar-refractivity contribution < 1.29 is 9.53 Å². The van der Waals surface area contributed by atoms with Gasteiger partial charge in [0.25, 0.3) is 0 Å². The summed E-state index contributed by atoms with van der Waals surface area (Å²) in [4.78, 5) is 10.8. The van der Waals surface area contributed by atoms with E-state index in [0.717, 1.165) is 6.42 Å². The van der Waals surface area contributed by atoms with Crippen molar-refractivity contribution in [3.8, 4) is 0 Å². The van der Waals surface area contributed by atoms with Crippen molar-refractivity contribution in [2.45, 2.75) is 13.3 Å². The topological polar surface area (TPSA) is 26.3 Å². The summed E-state index contributed by atoms with van der Waals surface area (Å²) in [6.45, 7) is 1.87. The van der Waals surface area contributed by atoms with E-state index < -0.39 is 0 Å². The summed E-state index contributed by atoms with van der Waals surface area (Å²) in [5, 5.41) is 0. The van der Waals surface area contributed by atoms with Crippen LogP contribution in [-0.4, -0.2) is 13.1 Å². The molecule has 2 nitrogen and oxygen atoms in total. The molecule has 0 unspecified atom stereocenters. The van der Waals surface area contributed by atoms with E-state index in [1.165, 1.54) is 7.11 Å². The summed E-state index contributed by atoms with van der Waals surface area (Å²) in [6.07, 6.45) is 4.66. The van der Waals surface area contributed by atoms with Crippen LogP contribution in [0.15, 0.2) is 12.2 Å². The van der Waals surface area contributed by atoms with E-state index in [2.05, 4.69) is 4.74 Å². The Kier molecular flexibility index (Phi) is 1.31. The van der Waals surface area contributed by atoms with Crippen molar-refractivity contribution in [1.82, 2.24) is 0 Å². The maximum atomic E-state index is 10.8. The number of esters is 1. The van der Waals surface area contributed by atoms with Crippen LogP contribution in [0.1, 0.15) is 13.3 Å². The van der Waals surface area contributed by atoms with Crippen molar-refractivity contribution in [1.29, 1.82) is 0 Å². The maximum Gasteiger partial charge on any atom is 0.315 e. The molecule has 0 amide bonds. The first-order chi connectivity index (χ1) is 4.19. The summed E-state index contributed by atoms with van der Waals surface area (Å²) in [6, 6.07) is 0. The Morgan fingerprint density at radius 1 is 1.78 bits per heavy atom. The molecule has 0 radical (unpaired) electrons. The van der Waals surface area contributed by atoms with Crippen molar-refractivity contribution in [2.24, 2.45) is 5.41 Å². The lowest BCUT2D eigenvalue weighted by molar-refractivity contribution is -0.149. The fourth-order valence-electron chi connectivity index (χ4n) is 0.856. The number of methoxy groups -OCH3 is 1. The van der Waals surface area contributed by atoms with E-state index in [-0.39, 0.29) is 11.4 Å². The number of hydrogen-bond acceptors (Lipinski definition) is 2. The van der Waals surface area contributed by atoms with Crippen LogP contribution < -0.4 is 0 Å². The Morgan fingerprint density at radius 2 is 2.33 bits per heavy atom. The maximum absolute atomic E-state index is 10.8. The molecule has 0 aromatic rings. The van der Waals surface area contributed by atoms with Crippen LogP contribution in [-0.2, 0) is 9.53 Å². The van der Waals surface area contributed by atoms with Crippen LogP contribution in [0, 0.1) is 5.41 Å². The van der Waals surface area contributed by atoms with Crippen LogP contribution in [0.5, 0.6) is 0 Å². The van der Waals surface area contributed by atoms with Gasteiger partial charge in [0, 0.05) is 0 Å². The average Bonchev–Trinajstić information content (AvgIpc) is 1.81. The molecule has 0 heterocycles. The number of hydrogen-bond donors (Lipinski definition) is 0. The molecule has 1 aliphatic rings. The van der Waals surface area contributed by atoms with E-state index in [1.807, 2.05) is 19.1 Å². The fraction of sp³-hybridized carbons (Fsp3) is 0.571. The van der Waals surface area contributed by atoms with E-state index >= 15 is 0 Å². The van der Waals surface area contributed by atoms with Gasteiger partial charge in [0.1, 0.15) is 0 Å². The Hall–Kier alpha value is -0.790. The Bertz CT molecular complexity index is 160. The first-order valence-corrected chi connectivity index (χ1v) is 2.95. The highest BCUT2D eigenvalue weighted by Crippen LogP contribution is 2.33. The third-order valence-electron chi connectivity index (χ3n) is 1.68. The van der Waals surface area contributed by atoms with Crippen molar-refractivity contribution in [3.63, 3.8) is 0 Å². The molecule has 0 aromatic carbocycles. The van der Waals surface area contributed by atoms with E-state index in [1.54, 1.807) is 0 Å². The zero-order valence-corrected chi connectivity index (χ0v) is 5.68. The number of rotatable bonds is 1. The zero-order chi connectivity index (χ0) is 6.91. The Morgan fingerprint density at radius 3 is 2.44 bits per heavy atom. The molecule has 9 heavy (non-hydrogen) atoms. The first kappa shape index (κ1) is 6.33. The molecule has 0 aliphatic heterocycles. The quantitative estimate of drug-likeness (QED) is 0.389. The second-order valence-electron chi connectivity index (χ2n) is 2.52. The summed E-state index contributed by atoms with van der Waals surface area (Å²) in [5.74, 6) is -0.134. The van der Waals surface area contributed by atoms with Gasteiger partial charge in [0.15, 0.2) is 0 Å². The minimum atomic E-state index is -0.311. The van der Waals surface area contributed by atoms with E-state index in [9.17, 15) is 4.79 Å². The van der Waals surface area contributed by atoms with Crippen molar-refractivity contribution >= 4 is 5.97 Å². The van der Waals surface area contributed by atoms with Crippen LogP contribution in [0.4, 0.5) is 0 Å². The van der Waals surface area contributed by atoms with Gasteiger partial charge in [-0.15, -0.1) is 0 Å². The number of allylic oxidation sites excluding steroid dienone is 1. The predicted molar refractivity (Wildman–Crippen MR) is 33.9 cm³/mol. The molecule has 0 aromatic heterocycles. The molecule has 0 spiro atoms. The van der Waals surface area contributed by atoms with Crippen LogP contribution in [0.25, 0.3) is 0 Å². The summed E-state index contributed by atoms with van der Waals surface area (Å²) in [5.41, 5.74) is -0.311. The van der Waals surface area contributed by atoms with Crippen LogP contribution >= 0.6 is 0 Å². The second kappa shape index (κ2) is 1.87. The largest absolute Gasteiger partial charge is 0.468 e. The van der Waals surface area contributed by atoms with Crippen molar-refractivity contribution in [2.75, 3.05) is 7.11 Å². The molecule has 0 bridgehead atoms. The lowest BCUT2D eigenvalue weighted by atomic mass is 9.78. The van der Waals surface area contributed by atoms with Crippen LogP contribution in [0.2, 0.25) is 0 Å². The minimum Gasteiger partial charge on any atom is -0.468 e. The highest BCUT2D eigenvalue weighted by molar-refractivity contribution is 5.80. The fourth-order valence-corrected chi connectivity index (χ4v) is 0.856. The van der Waals surface area contributed by atoms with Gasteiger partial charge in [0.2, 0.25) is 0 Å². The monoisotopic (exact) mass is 126 g/mol. The van der Waals surface area contributed by atoms with Gasteiger partial charge in [-0.2, -0.15) is 0 Å². The molecule has 0 saturated carbocycles. The lowest BCUT2D eigenvalue weighted by Crippen LogP contribution is -2.30. The summed E-state index contributed by atoms with van der Waals surface area (Å²) in [7, 11) is 1.42. The smallest absolute Gasteiger partial charge is 0.315 e. The molecular formula is C7H10O2. The summed E-state index contributed by atoms with van der Waals surface area (Å²) >= 11 is 0. The van der Waals surface area contributed by atoms with E-state index in [0.29, 0.717) is 0 Å². The van der Waals surface area contributed by atoms with Crippen molar-refractivity contribution in [3.05, 3.63) is 12.2 Å². The second-order valence-corrected chi connectivity index (χ2v) is 2.52.